The average molecular weight is 477 g/mol. The molecule has 1 aliphatic carbocycles. The Balaban J connectivity index is 1.21. The predicted octanol–water partition coefficient (Wildman–Crippen LogP) is 4.10. The topological polar surface area (TPSA) is 85.7 Å². The van der Waals surface area contributed by atoms with Gasteiger partial charge in [0.05, 0.1) is 30.4 Å². The summed E-state index contributed by atoms with van der Waals surface area (Å²) in [5, 5.41) is 2.77. The van der Waals surface area contributed by atoms with E-state index in [2.05, 4.69) is 20.9 Å². The third-order valence-corrected chi connectivity index (χ3v) is 6.89. The molecule has 2 amide bonds. The molecule has 1 saturated carbocycles. The molecule has 2 aliphatic rings. The number of pyridine rings is 1. The van der Waals surface area contributed by atoms with E-state index in [0.29, 0.717) is 37.8 Å². The Labute approximate surface area is 205 Å². The van der Waals surface area contributed by atoms with Crippen molar-refractivity contribution in [3.63, 3.8) is 0 Å². The van der Waals surface area contributed by atoms with Gasteiger partial charge >= 0.3 is 0 Å². The van der Waals surface area contributed by atoms with E-state index in [1.165, 1.54) is 6.92 Å². The number of hydrogen-bond acceptors (Lipinski definition) is 5. The Kier molecular flexibility index (Phi) is 6.99. The maximum Gasteiger partial charge on any atom is 0.257 e. The van der Waals surface area contributed by atoms with Crippen molar-refractivity contribution in [2.75, 3.05) is 31.6 Å². The lowest BCUT2D eigenvalue weighted by Gasteiger charge is -2.29. The van der Waals surface area contributed by atoms with Crippen LogP contribution in [0.1, 0.15) is 43.0 Å². The number of fused-ring (bicyclic) bond motifs is 1. The minimum absolute atomic E-state index is 0.0392. The molecule has 8 heteroatoms. The van der Waals surface area contributed by atoms with Crippen LogP contribution in [0, 0.1) is 5.92 Å². The minimum Gasteiger partial charge on any atom is -0.490 e. The Morgan fingerprint density at radius 3 is 2.54 bits per heavy atom. The molecule has 3 aromatic rings. The third-order valence-electron chi connectivity index (χ3n) is 6.89. The largest absolute Gasteiger partial charge is 0.490 e. The van der Waals surface area contributed by atoms with Gasteiger partial charge in [0.15, 0.2) is 0 Å². The Morgan fingerprint density at radius 2 is 1.83 bits per heavy atom. The second-order valence-corrected chi connectivity index (χ2v) is 9.44. The van der Waals surface area contributed by atoms with E-state index in [0.717, 1.165) is 54.7 Å². The number of aromatic nitrogens is 2. The summed E-state index contributed by atoms with van der Waals surface area (Å²) in [6, 6.07) is 11.5. The Hall–Kier alpha value is -3.39. The molecule has 1 N–H and O–H groups in total. The van der Waals surface area contributed by atoms with Gasteiger partial charge in [-0.05, 0) is 68.0 Å². The fraction of sp³-hybridized carbons (Fsp3) is 0.444. The fourth-order valence-corrected chi connectivity index (χ4v) is 5.09. The van der Waals surface area contributed by atoms with Gasteiger partial charge in [-0.25, -0.2) is 0 Å². The van der Waals surface area contributed by atoms with Crippen LogP contribution in [0.2, 0.25) is 0 Å². The molecule has 0 atom stereocenters. The minimum atomic E-state index is -0.0826. The van der Waals surface area contributed by atoms with Gasteiger partial charge in [0.25, 0.3) is 5.91 Å². The molecule has 0 bridgehead atoms. The summed E-state index contributed by atoms with van der Waals surface area (Å²) < 4.78 is 13.8. The van der Waals surface area contributed by atoms with E-state index < -0.39 is 0 Å². The van der Waals surface area contributed by atoms with E-state index in [1.807, 2.05) is 41.4 Å². The lowest BCUT2D eigenvalue weighted by atomic mass is 9.87. The van der Waals surface area contributed by atoms with Crippen LogP contribution in [0.25, 0.3) is 11.0 Å². The van der Waals surface area contributed by atoms with Crippen molar-refractivity contribution in [1.29, 1.82) is 0 Å². The highest BCUT2D eigenvalue weighted by Gasteiger charge is 2.26. The van der Waals surface area contributed by atoms with Crippen LogP contribution in [0.4, 0.5) is 5.69 Å². The molecule has 2 aromatic heterocycles. The van der Waals surface area contributed by atoms with Crippen LogP contribution in [-0.2, 0) is 16.1 Å². The number of hydrogen-bond donors (Lipinski definition) is 1. The van der Waals surface area contributed by atoms with Crippen LogP contribution in [0.15, 0.2) is 48.8 Å². The maximum absolute atomic E-state index is 13.2. The molecular formula is C27H32N4O4. The smallest absolute Gasteiger partial charge is 0.257 e. The quantitative estimate of drug-likeness (QED) is 0.579. The van der Waals surface area contributed by atoms with Gasteiger partial charge < -0.3 is 24.3 Å². The first kappa shape index (κ1) is 23.4. The van der Waals surface area contributed by atoms with E-state index in [-0.39, 0.29) is 17.9 Å². The zero-order valence-corrected chi connectivity index (χ0v) is 20.1. The second-order valence-electron chi connectivity index (χ2n) is 9.44. The monoisotopic (exact) mass is 476 g/mol. The number of ether oxygens (including phenoxy) is 2. The molecule has 2 fully saturated rings. The third kappa shape index (κ3) is 5.48. The lowest BCUT2D eigenvalue weighted by Crippen LogP contribution is -2.40. The predicted molar refractivity (Wildman–Crippen MR) is 134 cm³/mol. The lowest BCUT2D eigenvalue weighted by molar-refractivity contribution is -0.114. The summed E-state index contributed by atoms with van der Waals surface area (Å²) in [6.07, 6.45) is 8.08. The molecule has 0 unspecified atom stereocenters. The number of anilines is 1. The summed E-state index contributed by atoms with van der Waals surface area (Å²) in [5.41, 5.74) is 3.25. The summed E-state index contributed by atoms with van der Waals surface area (Å²) in [6.45, 7) is 4.79. The van der Waals surface area contributed by atoms with Crippen LogP contribution in [0.5, 0.6) is 5.75 Å². The molecule has 0 spiro atoms. The van der Waals surface area contributed by atoms with Gasteiger partial charge in [0.2, 0.25) is 5.91 Å². The van der Waals surface area contributed by atoms with Crippen molar-refractivity contribution in [3.8, 4) is 5.75 Å². The van der Waals surface area contributed by atoms with E-state index in [9.17, 15) is 9.59 Å². The SMILES string of the molecule is CC(=O)Nc1ccc(OC2CCC(Cn3cc(C(=O)N4CCOCC4)c4ncccc43)CC2)cc1. The van der Waals surface area contributed by atoms with Crippen molar-refractivity contribution >= 4 is 28.5 Å². The first-order valence-corrected chi connectivity index (χ1v) is 12.4. The summed E-state index contributed by atoms with van der Waals surface area (Å²) in [5.74, 6) is 1.31. The van der Waals surface area contributed by atoms with Gasteiger partial charge in [0, 0.05) is 44.6 Å². The normalized spacial score (nSPS) is 20.5. The molecular weight excluding hydrogens is 444 g/mol. The van der Waals surface area contributed by atoms with Crippen molar-refractivity contribution < 1.29 is 19.1 Å². The number of benzene rings is 1. The van der Waals surface area contributed by atoms with Crippen molar-refractivity contribution in [2.24, 2.45) is 5.92 Å². The highest BCUT2D eigenvalue weighted by molar-refractivity contribution is 6.05. The molecule has 35 heavy (non-hydrogen) atoms. The zero-order chi connectivity index (χ0) is 24.2. The molecule has 5 rings (SSSR count). The summed E-state index contributed by atoms with van der Waals surface area (Å²) in [7, 11) is 0. The molecule has 1 aromatic carbocycles. The summed E-state index contributed by atoms with van der Waals surface area (Å²) >= 11 is 0. The van der Waals surface area contributed by atoms with E-state index in [1.54, 1.807) is 6.20 Å². The van der Waals surface area contributed by atoms with Gasteiger partial charge in [-0.2, -0.15) is 0 Å². The molecule has 1 aliphatic heterocycles. The standard InChI is InChI=1S/C27H32N4O4/c1-19(32)29-21-6-10-23(11-7-21)35-22-8-4-20(5-9-22)17-31-18-24(26-25(31)3-2-12-28-26)27(33)30-13-15-34-16-14-30/h2-3,6-7,10-12,18,20,22H,4-5,8-9,13-17H2,1H3,(H,29,32). The molecule has 1 saturated heterocycles. The average Bonchev–Trinajstić information content (AvgIpc) is 3.24. The van der Waals surface area contributed by atoms with Crippen LogP contribution in [0.3, 0.4) is 0 Å². The van der Waals surface area contributed by atoms with Gasteiger partial charge in [-0.3, -0.25) is 14.6 Å². The van der Waals surface area contributed by atoms with Crippen LogP contribution < -0.4 is 10.1 Å². The maximum atomic E-state index is 13.2. The zero-order valence-electron chi connectivity index (χ0n) is 20.1. The Bertz CT molecular complexity index is 1180. The van der Waals surface area contributed by atoms with Crippen LogP contribution in [-0.4, -0.2) is 58.7 Å². The van der Waals surface area contributed by atoms with Gasteiger partial charge in [-0.1, -0.05) is 0 Å². The second kappa shape index (κ2) is 10.5. The summed E-state index contributed by atoms with van der Waals surface area (Å²) in [4.78, 5) is 30.8. The first-order valence-electron chi connectivity index (χ1n) is 12.4. The van der Waals surface area contributed by atoms with Gasteiger partial charge in [0.1, 0.15) is 11.3 Å². The van der Waals surface area contributed by atoms with E-state index >= 15 is 0 Å². The highest BCUT2D eigenvalue weighted by atomic mass is 16.5. The van der Waals surface area contributed by atoms with Crippen molar-refractivity contribution in [3.05, 3.63) is 54.4 Å². The molecule has 8 nitrogen and oxygen atoms in total. The number of carbonyl (C=O) groups excluding carboxylic acids is 2. The number of nitrogens with one attached hydrogen (secondary N) is 1. The van der Waals surface area contributed by atoms with Crippen LogP contribution >= 0.6 is 0 Å². The molecule has 3 heterocycles. The number of carbonyl (C=O) groups is 2. The molecule has 184 valence electrons. The first-order chi connectivity index (χ1) is 17.1. The van der Waals surface area contributed by atoms with Crippen molar-refractivity contribution in [1.82, 2.24) is 14.5 Å². The highest BCUT2D eigenvalue weighted by Crippen LogP contribution is 2.31. The number of nitrogens with zero attached hydrogens (tertiary/aromatic N) is 3. The fourth-order valence-electron chi connectivity index (χ4n) is 5.09. The Morgan fingerprint density at radius 1 is 1.09 bits per heavy atom. The number of morpholine rings is 1. The van der Waals surface area contributed by atoms with Gasteiger partial charge in [-0.15, -0.1) is 0 Å². The molecule has 0 radical (unpaired) electrons. The number of amides is 2. The van der Waals surface area contributed by atoms with Crippen molar-refractivity contribution in [2.45, 2.75) is 45.3 Å². The number of rotatable bonds is 6. The van der Waals surface area contributed by atoms with E-state index in [4.69, 9.17) is 9.47 Å².